The van der Waals surface area contributed by atoms with Crippen LogP contribution in [0.3, 0.4) is 0 Å². The van der Waals surface area contributed by atoms with Crippen molar-refractivity contribution in [1.82, 2.24) is 0 Å². The van der Waals surface area contributed by atoms with Gasteiger partial charge in [0, 0.05) is 11.6 Å². The van der Waals surface area contributed by atoms with Crippen LogP contribution in [0.4, 0.5) is 4.39 Å². The summed E-state index contributed by atoms with van der Waals surface area (Å²) in [5.41, 5.74) is 0.709. The van der Waals surface area contributed by atoms with Gasteiger partial charge in [-0.3, -0.25) is 0 Å². The fourth-order valence-electron chi connectivity index (χ4n) is 1.53. The van der Waals surface area contributed by atoms with Gasteiger partial charge in [0.05, 0.1) is 4.90 Å². The number of rotatable bonds is 2. The molecule has 2 aromatic rings. The van der Waals surface area contributed by atoms with E-state index < -0.39 is 16.5 Å². The SMILES string of the molecule is O=[SH](=O)c1cccc(-c2ccc(O)cc2F)c1. The Kier molecular flexibility index (Phi) is 3.10. The van der Waals surface area contributed by atoms with E-state index in [2.05, 4.69) is 0 Å². The molecule has 0 bridgehead atoms. The van der Waals surface area contributed by atoms with Crippen molar-refractivity contribution in [2.75, 3.05) is 0 Å². The maximum atomic E-state index is 13.6. The third kappa shape index (κ3) is 2.45. The second kappa shape index (κ2) is 4.55. The molecule has 1 N–H and O–H groups in total. The summed E-state index contributed by atoms with van der Waals surface area (Å²) >= 11 is 0. The van der Waals surface area contributed by atoms with Gasteiger partial charge in [-0.05, 0) is 29.8 Å². The van der Waals surface area contributed by atoms with Gasteiger partial charge in [-0.25, -0.2) is 12.8 Å². The zero-order chi connectivity index (χ0) is 12.4. The lowest BCUT2D eigenvalue weighted by atomic mass is 10.1. The van der Waals surface area contributed by atoms with E-state index in [4.69, 9.17) is 5.11 Å². The van der Waals surface area contributed by atoms with Gasteiger partial charge >= 0.3 is 0 Å². The quantitative estimate of drug-likeness (QED) is 0.805. The number of benzene rings is 2. The summed E-state index contributed by atoms with van der Waals surface area (Å²) in [5, 5.41) is 9.09. The smallest absolute Gasteiger partial charge is 0.168 e. The van der Waals surface area contributed by atoms with Gasteiger partial charge in [-0.15, -0.1) is 0 Å². The minimum absolute atomic E-state index is 0.130. The van der Waals surface area contributed by atoms with Crippen LogP contribution in [0.25, 0.3) is 11.1 Å². The molecule has 0 fully saturated rings. The second-order valence-corrected chi connectivity index (χ2v) is 4.50. The maximum absolute atomic E-state index is 13.6. The number of hydrogen-bond donors (Lipinski definition) is 2. The normalized spacial score (nSPS) is 10.7. The first-order chi connectivity index (χ1) is 8.08. The molecule has 3 nitrogen and oxygen atoms in total. The number of thiol groups is 1. The minimum Gasteiger partial charge on any atom is -0.508 e. The first-order valence-electron chi connectivity index (χ1n) is 4.81. The Morgan fingerprint density at radius 3 is 2.47 bits per heavy atom. The van der Waals surface area contributed by atoms with E-state index in [1.807, 2.05) is 0 Å². The Balaban J connectivity index is 2.56. The number of aromatic hydroxyl groups is 1. The Morgan fingerprint density at radius 2 is 1.82 bits per heavy atom. The van der Waals surface area contributed by atoms with Gasteiger partial charge < -0.3 is 5.11 Å². The molecule has 2 rings (SSSR count). The van der Waals surface area contributed by atoms with Crippen LogP contribution >= 0.6 is 0 Å². The Hall–Kier alpha value is -1.88. The Bertz CT molecular complexity index is 627. The van der Waals surface area contributed by atoms with Gasteiger partial charge in [0.2, 0.25) is 0 Å². The van der Waals surface area contributed by atoms with Crippen LogP contribution in [-0.4, -0.2) is 13.5 Å². The van der Waals surface area contributed by atoms with Gasteiger partial charge in [0.1, 0.15) is 11.6 Å². The van der Waals surface area contributed by atoms with Crippen LogP contribution in [-0.2, 0) is 10.7 Å². The summed E-state index contributed by atoms with van der Waals surface area (Å²) in [6.45, 7) is 0. The van der Waals surface area contributed by atoms with Crippen LogP contribution in [0, 0.1) is 5.82 Å². The summed E-state index contributed by atoms with van der Waals surface area (Å²) in [7, 11) is -2.69. The molecule has 0 saturated heterocycles. The van der Waals surface area contributed by atoms with Crippen molar-refractivity contribution < 1.29 is 17.9 Å². The molecule has 0 aliphatic heterocycles. The number of phenols is 1. The lowest BCUT2D eigenvalue weighted by Gasteiger charge is -2.04. The van der Waals surface area contributed by atoms with Crippen molar-refractivity contribution in [1.29, 1.82) is 0 Å². The molecule has 5 heteroatoms. The molecule has 0 spiro atoms. The van der Waals surface area contributed by atoms with Crippen molar-refractivity contribution >= 4 is 10.7 Å². The van der Waals surface area contributed by atoms with E-state index in [0.717, 1.165) is 6.07 Å². The Morgan fingerprint density at radius 1 is 1.06 bits per heavy atom. The van der Waals surface area contributed by atoms with Gasteiger partial charge in [0.25, 0.3) is 0 Å². The molecule has 88 valence electrons. The molecule has 0 heterocycles. The summed E-state index contributed by atoms with van der Waals surface area (Å²) < 4.78 is 35.2. The molecule has 0 aromatic heterocycles. The summed E-state index contributed by atoms with van der Waals surface area (Å²) in [6.07, 6.45) is 0. The molecule has 0 amide bonds. The summed E-state index contributed by atoms with van der Waals surface area (Å²) in [6, 6.07) is 9.72. The van der Waals surface area contributed by atoms with E-state index in [1.165, 1.54) is 24.3 Å². The van der Waals surface area contributed by atoms with Crippen molar-refractivity contribution in [2.24, 2.45) is 0 Å². The predicted octanol–water partition coefficient (Wildman–Crippen LogP) is 2.17. The largest absolute Gasteiger partial charge is 0.508 e. The highest BCUT2D eigenvalue weighted by atomic mass is 32.2. The molecular formula is C12H9FO3S. The minimum atomic E-state index is -2.69. The Labute approximate surface area is 99.1 Å². The average Bonchev–Trinajstić information content (AvgIpc) is 2.29. The van der Waals surface area contributed by atoms with E-state index in [-0.39, 0.29) is 16.2 Å². The van der Waals surface area contributed by atoms with Crippen LogP contribution in [0.5, 0.6) is 5.75 Å². The molecule has 17 heavy (non-hydrogen) atoms. The first-order valence-corrected chi connectivity index (χ1v) is 5.99. The zero-order valence-electron chi connectivity index (χ0n) is 8.63. The van der Waals surface area contributed by atoms with E-state index in [0.29, 0.717) is 5.56 Å². The highest BCUT2D eigenvalue weighted by Gasteiger charge is 2.07. The second-order valence-electron chi connectivity index (χ2n) is 3.47. The summed E-state index contributed by atoms with van der Waals surface area (Å²) in [5.74, 6) is -0.763. The predicted molar refractivity (Wildman–Crippen MR) is 62.1 cm³/mol. The van der Waals surface area contributed by atoms with Crippen LogP contribution in [0.2, 0.25) is 0 Å². The van der Waals surface area contributed by atoms with Crippen molar-refractivity contribution in [3.05, 3.63) is 48.3 Å². The highest BCUT2D eigenvalue weighted by Crippen LogP contribution is 2.26. The molecular weight excluding hydrogens is 243 g/mol. The maximum Gasteiger partial charge on any atom is 0.168 e. The first kappa shape index (κ1) is 11.6. The van der Waals surface area contributed by atoms with Crippen molar-refractivity contribution in [2.45, 2.75) is 4.90 Å². The lowest BCUT2D eigenvalue weighted by Crippen LogP contribution is -1.86. The van der Waals surface area contributed by atoms with E-state index in [9.17, 15) is 12.8 Å². The van der Waals surface area contributed by atoms with Crippen molar-refractivity contribution in [3.63, 3.8) is 0 Å². The molecule has 0 atom stereocenters. The molecule has 0 aliphatic carbocycles. The van der Waals surface area contributed by atoms with Crippen LogP contribution in [0.1, 0.15) is 0 Å². The van der Waals surface area contributed by atoms with Crippen molar-refractivity contribution in [3.8, 4) is 16.9 Å². The highest BCUT2D eigenvalue weighted by molar-refractivity contribution is 7.72. The third-order valence-electron chi connectivity index (χ3n) is 2.32. The third-order valence-corrected chi connectivity index (χ3v) is 3.02. The fourth-order valence-corrected chi connectivity index (χ4v) is 1.98. The molecule has 0 unspecified atom stereocenters. The molecule has 2 aromatic carbocycles. The van der Waals surface area contributed by atoms with Gasteiger partial charge in [0.15, 0.2) is 10.7 Å². The fraction of sp³-hybridized carbons (Fsp3) is 0. The molecule has 0 radical (unpaired) electrons. The average molecular weight is 252 g/mol. The van der Waals surface area contributed by atoms with Gasteiger partial charge in [-0.2, -0.15) is 0 Å². The monoisotopic (exact) mass is 252 g/mol. The lowest BCUT2D eigenvalue weighted by molar-refractivity contribution is 0.469. The topological polar surface area (TPSA) is 54.4 Å². The van der Waals surface area contributed by atoms with Crippen LogP contribution in [0.15, 0.2) is 47.4 Å². The zero-order valence-corrected chi connectivity index (χ0v) is 9.52. The summed E-state index contributed by atoms with van der Waals surface area (Å²) in [4.78, 5) is 0.130. The molecule has 0 saturated carbocycles. The van der Waals surface area contributed by atoms with E-state index in [1.54, 1.807) is 12.1 Å². The van der Waals surface area contributed by atoms with Gasteiger partial charge in [-0.1, -0.05) is 12.1 Å². The molecule has 0 aliphatic rings. The van der Waals surface area contributed by atoms with Crippen LogP contribution < -0.4 is 0 Å². The standard InChI is InChI=1S/C12H9FO3S/c13-12-7-9(14)4-5-11(12)8-2-1-3-10(6-8)17(15)16/h1-7,14,17H. The number of phenolic OH excluding ortho intramolecular Hbond substituents is 1. The van der Waals surface area contributed by atoms with E-state index >= 15 is 0 Å². The number of halogens is 1. The number of hydrogen-bond acceptors (Lipinski definition) is 3.